The highest BCUT2D eigenvalue weighted by molar-refractivity contribution is 5.96. The van der Waals surface area contributed by atoms with E-state index in [9.17, 15) is 19.7 Å². The SMILES string of the molecule is CCN(CC)CCCN(CC(=O)N(C1CCCCC1)C1CCCCC1)C(=O)c1ccc([N+](=O)[O-])cc1. The monoisotopic (exact) mass is 500 g/mol. The minimum absolute atomic E-state index is 0.0449. The number of hydrogen-bond acceptors (Lipinski definition) is 5. The summed E-state index contributed by atoms with van der Waals surface area (Å²) in [6.07, 6.45) is 12.1. The summed E-state index contributed by atoms with van der Waals surface area (Å²) in [5, 5.41) is 11.1. The summed E-state index contributed by atoms with van der Waals surface area (Å²) >= 11 is 0. The fourth-order valence-electron chi connectivity index (χ4n) is 5.85. The van der Waals surface area contributed by atoms with E-state index in [2.05, 4.69) is 23.6 Å². The fraction of sp³-hybridized carbons (Fsp3) is 0.714. The maximum absolute atomic E-state index is 13.9. The quantitative estimate of drug-likeness (QED) is 0.288. The van der Waals surface area contributed by atoms with Crippen LogP contribution in [0.15, 0.2) is 24.3 Å². The zero-order valence-corrected chi connectivity index (χ0v) is 22.2. The van der Waals surface area contributed by atoms with Crippen molar-refractivity contribution in [2.75, 3.05) is 32.7 Å². The van der Waals surface area contributed by atoms with Gasteiger partial charge in [0.2, 0.25) is 5.91 Å². The molecule has 1 aromatic carbocycles. The van der Waals surface area contributed by atoms with Gasteiger partial charge in [-0.25, -0.2) is 0 Å². The van der Waals surface area contributed by atoms with Crippen molar-refractivity contribution >= 4 is 17.5 Å². The molecule has 0 radical (unpaired) electrons. The Hall–Kier alpha value is -2.48. The third kappa shape index (κ3) is 7.76. The maximum Gasteiger partial charge on any atom is 0.269 e. The summed E-state index contributed by atoms with van der Waals surface area (Å²) in [5.41, 5.74) is 0.342. The zero-order valence-electron chi connectivity index (χ0n) is 22.2. The Morgan fingerprint density at radius 3 is 1.86 bits per heavy atom. The Bertz CT molecular complexity index is 826. The van der Waals surface area contributed by atoms with Gasteiger partial charge in [-0.2, -0.15) is 0 Å². The molecule has 8 heteroatoms. The number of benzene rings is 1. The first-order valence-electron chi connectivity index (χ1n) is 14.0. The fourth-order valence-corrected chi connectivity index (χ4v) is 5.85. The van der Waals surface area contributed by atoms with Crippen LogP contribution in [0.25, 0.3) is 0 Å². The highest BCUT2D eigenvalue weighted by atomic mass is 16.6. The molecule has 2 saturated carbocycles. The summed E-state index contributed by atoms with van der Waals surface area (Å²) in [6, 6.07) is 6.28. The molecule has 0 heterocycles. The van der Waals surface area contributed by atoms with E-state index in [1.807, 2.05) is 0 Å². The summed E-state index contributed by atoms with van der Waals surface area (Å²) in [6.45, 7) is 7.56. The van der Waals surface area contributed by atoms with Crippen LogP contribution in [0, 0.1) is 10.1 Å². The molecule has 2 aliphatic carbocycles. The second-order valence-corrected chi connectivity index (χ2v) is 10.3. The molecule has 0 saturated heterocycles. The maximum atomic E-state index is 13.9. The topological polar surface area (TPSA) is 87.0 Å². The summed E-state index contributed by atoms with van der Waals surface area (Å²) in [4.78, 5) is 44.1. The molecule has 0 bridgehead atoms. The number of nitro groups is 1. The average Bonchev–Trinajstić information content (AvgIpc) is 2.91. The standard InChI is InChI=1S/C28H44N4O4/c1-3-29(4-2)20-11-21-30(28(34)23-16-18-26(19-17-23)32(35)36)22-27(33)31(24-12-7-5-8-13-24)25-14-9-6-10-15-25/h16-19,24-25H,3-15,20-22H2,1-2H3. The molecule has 2 fully saturated rings. The van der Waals surface area contributed by atoms with Crippen molar-refractivity contribution in [1.29, 1.82) is 0 Å². The van der Waals surface area contributed by atoms with Gasteiger partial charge in [0.25, 0.3) is 11.6 Å². The first kappa shape index (κ1) is 28.1. The second kappa shape index (κ2) is 14.3. The van der Waals surface area contributed by atoms with E-state index < -0.39 is 4.92 Å². The van der Waals surface area contributed by atoms with Gasteiger partial charge in [-0.1, -0.05) is 52.4 Å². The number of carbonyl (C=O) groups is 2. The van der Waals surface area contributed by atoms with Crippen LogP contribution >= 0.6 is 0 Å². The first-order valence-corrected chi connectivity index (χ1v) is 14.0. The Kier molecular flexibility index (Phi) is 11.2. The van der Waals surface area contributed by atoms with E-state index in [0.29, 0.717) is 12.1 Å². The van der Waals surface area contributed by atoms with Crippen molar-refractivity contribution in [3.8, 4) is 0 Å². The molecule has 0 aliphatic heterocycles. The summed E-state index contributed by atoms with van der Waals surface area (Å²) in [7, 11) is 0. The van der Waals surface area contributed by atoms with E-state index in [-0.39, 0.29) is 36.1 Å². The summed E-state index contributed by atoms with van der Waals surface area (Å²) in [5.74, 6) is -0.170. The van der Waals surface area contributed by atoms with Crippen molar-refractivity contribution in [1.82, 2.24) is 14.7 Å². The van der Waals surface area contributed by atoms with Crippen molar-refractivity contribution < 1.29 is 14.5 Å². The lowest BCUT2D eigenvalue weighted by Gasteiger charge is -2.42. The van der Waals surface area contributed by atoms with Gasteiger partial charge in [-0.05, 0) is 63.9 Å². The van der Waals surface area contributed by atoms with Crippen LogP contribution in [0.2, 0.25) is 0 Å². The molecule has 0 atom stereocenters. The summed E-state index contributed by atoms with van der Waals surface area (Å²) < 4.78 is 0. The predicted octanol–water partition coefficient (Wildman–Crippen LogP) is 5.26. The van der Waals surface area contributed by atoms with Crippen LogP contribution in [0.5, 0.6) is 0 Å². The average molecular weight is 501 g/mol. The van der Waals surface area contributed by atoms with Crippen LogP contribution in [0.1, 0.15) is 94.8 Å². The van der Waals surface area contributed by atoms with Crippen LogP contribution in [0.3, 0.4) is 0 Å². The molecule has 3 rings (SSSR count). The first-order chi connectivity index (χ1) is 17.4. The van der Waals surface area contributed by atoms with Gasteiger partial charge < -0.3 is 14.7 Å². The molecule has 200 valence electrons. The van der Waals surface area contributed by atoms with Crippen LogP contribution in [-0.4, -0.2) is 76.2 Å². The number of nitrogens with zero attached hydrogens (tertiary/aromatic N) is 4. The highest BCUT2D eigenvalue weighted by Crippen LogP contribution is 2.30. The van der Waals surface area contributed by atoms with Crippen molar-refractivity contribution in [3.63, 3.8) is 0 Å². The molecule has 36 heavy (non-hydrogen) atoms. The highest BCUT2D eigenvalue weighted by Gasteiger charge is 2.34. The van der Waals surface area contributed by atoms with E-state index in [1.54, 1.807) is 4.90 Å². The molecule has 1 aromatic rings. The number of carbonyl (C=O) groups excluding carboxylic acids is 2. The molecule has 2 aliphatic rings. The van der Waals surface area contributed by atoms with Gasteiger partial charge in [0, 0.05) is 36.3 Å². The molecule has 0 unspecified atom stereocenters. The largest absolute Gasteiger partial charge is 0.335 e. The second-order valence-electron chi connectivity index (χ2n) is 10.3. The van der Waals surface area contributed by atoms with Gasteiger partial charge in [0.1, 0.15) is 6.54 Å². The minimum Gasteiger partial charge on any atom is -0.335 e. The molecule has 8 nitrogen and oxygen atoms in total. The third-order valence-electron chi connectivity index (χ3n) is 7.96. The normalized spacial score (nSPS) is 17.2. The molecule has 0 aromatic heterocycles. The van der Waals surface area contributed by atoms with Crippen molar-refractivity contribution in [2.24, 2.45) is 0 Å². The molecular weight excluding hydrogens is 456 g/mol. The number of non-ortho nitro benzene ring substituents is 1. The molecular formula is C28H44N4O4. The van der Waals surface area contributed by atoms with E-state index in [4.69, 9.17) is 0 Å². The smallest absolute Gasteiger partial charge is 0.269 e. The van der Waals surface area contributed by atoms with Crippen LogP contribution in [-0.2, 0) is 4.79 Å². The van der Waals surface area contributed by atoms with Crippen molar-refractivity contribution in [2.45, 2.75) is 96.6 Å². The van der Waals surface area contributed by atoms with E-state index in [1.165, 1.54) is 37.1 Å². The number of nitro benzene ring substituents is 1. The molecule has 0 spiro atoms. The Labute approximate surface area is 216 Å². The minimum atomic E-state index is -0.466. The Morgan fingerprint density at radius 1 is 0.861 bits per heavy atom. The lowest BCUT2D eigenvalue weighted by atomic mass is 9.88. The van der Waals surface area contributed by atoms with Crippen LogP contribution in [0.4, 0.5) is 5.69 Å². The van der Waals surface area contributed by atoms with Crippen molar-refractivity contribution in [3.05, 3.63) is 39.9 Å². The van der Waals surface area contributed by atoms with E-state index >= 15 is 0 Å². The van der Waals surface area contributed by atoms with Gasteiger partial charge in [-0.15, -0.1) is 0 Å². The molecule has 2 amide bonds. The lowest BCUT2D eigenvalue weighted by Crippen LogP contribution is -2.53. The predicted molar refractivity (Wildman–Crippen MR) is 142 cm³/mol. The molecule has 0 N–H and O–H groups in total. The van der Waals surface area contributed by atoms with Gasteiger partial charge in [0.15, 0.2) is 0 Å². The number of rotatable bonds is 12. The zero-order chi connectivity index (χ0) is 25.9. The number of amides is 2. The van der Waals surface area contributed by atoms with Crippen LogP contribution < -0.4 is 0 Å². The lowest BCUT2D eigenvalue weighted by molar-refractivity contribution is -0.384. The van der Waals surface area contributed by atoms with Gasteiger partial charge in [-0.3, -0.25) is 19.7 Å². The van der Waals surface area contributed by atoms with E-state index in [0.717, 1.165) is 77.4 Å². The Balaban J connectivity index is 1.78. The number of hydrogen-bond donors (Lipinski definition) is 0. The van der Waals surface area contributed by atoms with Gasteiger partial charge in [0.05, 0.1) is 4.92 Å². The Morgan fingerprint density at radius 2 is 1.39 bits per heavy atom. The van der Waals surface area contributed by atoms with Gasteiger partial charge >= 0.3 is 0 Å². The third-order valence-corrected chi connectivity index (χ3v) is 7.96.